The average molecular weight is 673 g/mol. The standard InChI is InChI=1S/C43H86O2.K/c1-2-3-4-5-6-7-8-9-10-11-12-13-14-15-16-17-18-19-20-21-22-23-24-25-26-27-28-29-30-31-32-33-34-35-36-37-38-39-40-41-42-43(44)45;/h2-42H2,1H3,(H,44,45);/q;+1/p-1. The molecule has 46 heavy (non-hydrogen) atoms. The van der Waals surface area contributed by atoms with Gasteiger partial charge in [0.2, 0.25) is 0 Å². The summed E-state index contributed by atoms with van der Waals surface area (Å²) in [4.78, 5) is 10.4. The molecule has 0 radical (unpaired) electrons. The molecule has 0 bridgehead atoms. The normalized spacial score (nSPS) is 11.2. The van der Waals surface area contributed by atoms with Gasteiger partial charge in [0.25, 0.3) is 0 Å². The van der Waals surface area contributed by atoms with Gasteiger partial charge in [-0.25, -0.2) is 0 Å². The number of unbranched alkanes of at least 4 members (excludes halogenated alkanes) is 39. The van der Waals surface area contributed by atoms with Crippen molar-refractivity contribution in [3.8, 4) is 0 Å². The van der Waals surface area contributed by atoms with Gasteiger partial charge in [0.05, 0.1) is 0 Å². The third-order valence-electron chi connectivity index (χ3n) is 10.2. The van der Waals surface area contributed by atoms with Crippen LogP contribution in [0.5, 0.6) is 0 Å². The van der Waals surface area contributed by atoms with Gasteiger partial charge in [0, 0.05) is 5.97 Å². The molecule has 0 aliphatic heterocycles. The van der Waals surface area contributed by atoms with E-state index in [0.717, 1.165) is 12.8 Å². The van der Waals surface area contributed by atoms with E-state index >= 15 is 0 Å². The maximum Gasteiger partial charge on any atom is 1.00 e. The van der Waals surface area contributed by atoms with E-state index < -0.39 is 5.97 Å². The van der Waals surface area contributed by atoms with Crippen LogP contribution in [0.3, 0.4) is 0 Å². The van der Waals surface area contributed by atoms with Crippen LogP contribution in [0.15, 0.2) is 0 Å². The molecule has 0 atom stereocenters. The summed E-state index contributed by atoms with van der Waals surface area (Å²) < 4.78 is 0. The minimum atomic E-state index is -0.897. The SMILES string of the molecule is CCCCCCCCCCCCCCCCCCCCCCCCCCCCCCCCCCCCCCCCCCC(=O)[O-].[K+]. The predicted octanol–water partition coefficient (Wildman–Crippen LogP) is 11.8. The zero-order chi connectivity index (χ0) is 32.6. The van der Waals surface area contributed by atoms with Gasteiger partial charge < -0.3 is 9.90 Å². The number of rotatable bonds is 41. The fraction of sp³-hybridized carbons (Fsp3) is 0.977. The molecule has 0 spiro atoms. The molecule has 0 unspecified atom stereocenters. The molecule has 0 heterocycles. The maximum absolute atomic E-state index is 10.4. The van der Waals surface area contributed by atoms with Gasteiger partial charge in [0.1, 0.15) is 0 Å². The Kier molecular flexibility index (Phi) is 49.3. The first-order chi connectivity index (χ1) is 22.3. The number of carbonyl (C=O) groups is 1. The van der Waals surface area contributed by atoms with E-state index in [1.165, 1.54) is 244 Å². The van der Waals surface area contributed by atoms with Crippen molar-refractivity contribution in [3.05, 3.63) is 0 Å². The van der Waals surface area contributed by atoms with Crippen LogP contribution < -0.4 is 56.5 Å². The van der Waals surface area contributed by atoms with Crippen molar-refractivity contribution in [2.45, 2.75) is 270 Å². The summed E-state index contributed by atoms with van der Waals surface area (Å²) in [5, 5.41) is 10.4. The predicted molar refractivity (Wildman–Crippen MR) is 200 cm³/mol. The Morgan fingerprint density at radius 1 is 0.283 bits per heavy atom. The molecule has 0 fully saturated rings. The molecule has 270 valence electrons. The van der Waals surface area contributed by atoms with E-state index in [-0.39, 0.29) is 57.8 Å². The molecule has 0 aromatic rings. The monoisotopic (exact) mass is 673 g/mol. The van der Waals surface area contributed by atoms with Gasteiger partial charge >= 0.3 is 51.4 Å². The van der Waals surface area contributed by atoms with Crippen LogP contribution in [0.25, 0.3) is 0 Å². The van der Waals surface area contributed by atoms with E-state index in [2.05, 4.69) is 6.92 Å². The fourth-order valence-corrected chi connectivity index (χ4v) is 7.06. The second-order valence-corrected chi connectivity index (χ2v) is 14.9. The van der Waals surface area contributed by atoms with E-state index in [1.54, 1.807) is 0 Å². The van der Waals surface area contributed by atoms with Crippen LogP contribution in [0.2, 0.25) is 0 Å². The first-order valence-electron chi connectivity index (χ1n) is 21.5. The summed E-state index contributed by atoms with van der Waals surface area (Å²) in [5.41, 5.74) is 0. The molecule has 0 aromatic carbocycles. The van der Waals surface area contributed by atoms with Gasteiger partial charge in [-0.15, -0.1) is 0 Å². The number of hydrogen-bond acceptors (Lipinski definition) is 2. The molecule has 0 aliphatic rings. The third kappa shape index (κ3) is 47.2. The minimum Gasteiger partial charge on any atom is -0.550 e. The van der Waals surface area contributed by atoms with Gasteiger partial charge in [-0.3, -0.25) is 0 Å². The molecule has 3 heteroatoms. The van der Waals surface area contributed by atoms with Crippen molar-refractivity contribution in [3.63, 3.8) is 0 Å². The average Bonchev–Trinajstić information content (AvgIpc) is 3.03. The van der Waals surface area contributed by atoms with Crippen LogP contribution in [0, 0.1) is 0 Å². The third-order valence-corrected chi connectivity index (χ3v) is 10.2. The van der Waals surface area contributed by atoms with Crippen molar-refractivity contribution in [2.75, 3.05) is 0 Å². The van der Waals surface area contributed by atoms with Gasteiger partial charge in [-0.05, 0) is 12.8 Å². The van der Waals surface area contributed by atoms with E-state index in [9.17, 15) is 9.90 Å². The molecule has 0 amide bonds. The molecular formula is C43H85KO2. The molecule has 0 saturated carbocycles. The van der Waals surface area contributed by atoms with Crippen LogP contribution in [0.4, 0.5) is 0 Å². The van der Waals surface area contributed by atoms with Crippen LogP contribution in [-0.4, -0.2) is 5.97 Å². The van der Waals surface area contributed by atoms with E-state index in [0.29, 0.717) is 0 Å². The van der Waals surface area contributed by atoms with Crippen LogP contribution >= 0.6 is 0 Å². The van der Waals surface area contributed by atoms with Crippen molar-refractivity contribution in [1.82, 2.24) is 0 Å². The number of carbonyl (C=O) groups excluding carboxylic acids is 1. The maximum atomic E-state index is 10.4. The van der Waals surface area contributed by atoms with Crippen molar-refractivity contribution in [1.29, 1.82) is 0 Å². The van der Waals surface area contributed by atoms with Gasteiger partial charge in [-0.2, -0.15) is 0 Å². The number of hydrogen-bond donors (Lipinski definition) is 0. The first-order valence-corrected chi connectivity index (χ1v) is 21.5. The van der Waals surface area contributed by atoms with Crippen molar-refractivity contribution in [2.24, 2.45) is 0 Å². The summed E-state index contributed by atoms with van der Waals surface area (Å²) in [6.45, 7) is 2.31. The largest absolute Gasteiger partial charge is 1.00 e. The Bertz CT molecular complexity index is 537. The van der Waals surface area contributed by atoms with Crippen molar-refractivity contribution < 1.29 is 61.3 Å². The molecule has 0 aliphatic carbocycles. The zero-order valence-corrected chi connectivity index (χ0v) is 35.4. The summed E-state index contributed by atoms with van der Waals surface area (Å²) in [6, 6.07) is 0. The van der Waals surface area contributed by atoms with E-state index in [4.69, 9.17) is 0 Å². The summed E-state index contributed by atoms with van der Waals surface area (Å²) >= 11 is 0. The Hall–Kier alpha value is 1.11. The topological polar surface area (TPSA) is 40.1 Å². The smallest absolute Gasteiger partial charge is 0.550 e. The first kappa shape index (κ1) is 49.2. The fourth-order valence-electron chi connectivity index (χ4n) is 7.06. The number of carboxylic acid groups (broad SMARTS) is 1. The van der Waals surface area contributed by atoms with Crippen molar-refractivity contribution >= 4 is 5.97 Å². The van der Waals surface area contributed by atoms with Gasteiger partial charge in [-0.1, -0.05) is 257 Å². The van der Waals surface area contributed by atoms with Crippen LogP contribution in [-0.2, 0) is 4.79 Å². The van der Waals surface area contributed by atoms with Gasteiger partial charge in [0.15, 0.2) is 0 Å². The number of aliphatic carboxylic acids is 1. The Morgan fingerprint density at radius 2 is 0.413 bits per heavy atom. The summed E-state index contributed by atoms with van der Waals surface area (Å²) in [5.74, 6) is -0.897. The molecule has 2 nitrogen and oxygen atoms in total. The molecular weight excluding hydrogens is 588 g/mol. The molecule has 0 aromatic heterocycles. The number of carboxylic acids is 1. The Labute approximate surface area is 334 Å². The van der Waals surface area contributed by atoms with E-state index in [1.807, 2.05) is 0 Å². The molecule has 0 rings (SSSR count). The molecule has 0 N–H and O–H groups in total. The zero-order valence-electron chi connectivity index (χ0n) is 32.3. The second-order valence-electron chi connectivity index (χ2n) is 14.9. The Morgan fingerprint density at radius 3 is 0.543 bits per heavy atom. The Balaban J connectivity index is 0. The summed E-state index contributed by atoms with van der Waals surface area (Å²) in [6.07, 6.45) is 57.0. The van der Waals surface area contributed by atoms with Crippen LogP contribution in [0.1, 0.15) is 270 Å². The second kappa shape index (κ2) is 46.1. The quantitative estimate of drug-likeness (QED) is 0.0479. The minimum absolute atomic E-state index is 0. The molecule has 0 saturated heterocycles. The summed E-state index contributed by atoms with van der Waals surface area (Å²) in [7, 11) is 0.